The number of thioether (sulfide) groups is 2. The minimum atomic E-state index is -0.126. The van der Waals surface area contributed by atoms with E-state index in [1.165, 1.54) is 40.4 Å². The van der Waals surface area contributed by atoms with Crippen molar-refractivity contribution in [2.75, 3.05) is 5.75 Å². The summed E-state index contributed by atoms with van der Waals surface area (Å²) in [6, 6.07) is 13.4. The molecule has 12 heteroatoms. The third-order valence-electron chi connectivity index (χ3n) is 6.23. The van der Waals surface area contributed by atoms with E-state index in [1.807, 2.05) is 41.0 Å². The van der Waals surface area contributed by atoms with Crippen LogP contribution in [-0.4, -0.2) is 36.4 Å². The van der Waals surface area contributed by atoms with Crippen molar-refractivity contribution in [2.24, 2.45) is 0 Å². The van der Waals surface area contributed by atoms with Gasteiger partial charge in [-0.05, 0) is 55.5 Å². The number of nitrogens with one attached hydrogen (secondary N) is 2. The number of aromatic nitrogens is 5. The van der Waals surface area contributed by atoms with Crippen molar-refractivity contribution in [1.82, 2.24) is 30.0 Å². The molecule has 9 nitrogen and oxygen atoms in total. The minimum Gasteiger partial charge on any atom is -0.467 e. The van der Waals surface area contributed by atoms with E-state index in [9.17, 15) is 9.59 Å². The highest BCUT2D eigenvalue weighted by molar-refractivity contribution is 7.99. The Hall–Kier alpha value is -3.35. The van der Waals surface area contributed by atoms with Crippen LogP contribution in [0.25, 0.3) is 15.9 Å². The molecule has 1 aliphatic rings. The molecular formula is C26H24N6O3S3. The molecule has 0 saturated heterocycles. The van der Waals surface area contributed by atoms with Gasteiger partial charge in [0.15, 0.2) is 10.3 Å². The predicted octanol–water partition coefficient (Wildman–Crippen LogP) is 4.74. The first-order chi connectivity index (χ1) is 18.7. The molecular weight excluding hydrogens is 541 g/mol. The SMILES string of the molecule is O=C(CSc1nnc(CSc2nc3sc4c(c3c(=O)[nH]2)CCCC4)n1-c1ccccc1)NCc1ccco1. The molecule has 5 aromatic rings. The van der Waals surface area contributed by atoms with E-state index in [0.29, 0.717) is 34.2 Å². The van der Waals surface area contributed by atoms with Gasteiger partial charge in [-0.15, -0.1) is 21.5 Å². The Balaban J connectivity index is 1.20. The molecule has 0 aliphatic heterocycles. The van der Waals surface area contributed by atoms with E-state index < -0.39 is 0 Å². The Bertz CT molecular complexity index is 1630. The zero-order chi connectivity index (χ0) is 25.9. The smallest absolute Gasteiger partial charge is 0.260 e. The largest absolute Gasteiger partial charge is 0.467 e. The van der Waals surface area contributed by atoms with Gasteiger partial charge in [0.25, 0.3) is 5.56 Å². The van der Waals surface area contributed by atoms with Crippen molar-refractivity contribution < 1.29 is 9.21 Å². The standard InChI is InChI=1S/C26H24N6O3S3/c33-21(27-13-17-9-6-12-35-17)15-37-26-31-30-20(32(26)16-7-2-1-3-8-16)14-36-25-28-23(34)22-18-10-4-5-11-19(18)38-24(22)29-25/h1-3,6-9,12H,4-5,10-11,13-15H2,(H,27,33)(H,28,29,34). The Morgan fingerprint density at radius 2 is 1.97 bits per heavy atom. The van der Waals surface area contributed by atoms with Gasteiger partial charge in [0.2, 0.25) is 5.91 Å². The number of amides is 1. The molecule has 6 rings (SSSR count). The first-order valence-electron chi connectivity index (χ1n) is 12.2. The van der Waals surface area contributed by atoms with Gasteiger partial charge in [-0.2, -0.15) is 0 Å². The number of hydrogen-bond acceptors (Lipinski definition) is 9. The number of carbonyl (C=O) groups is 1. The summed E-state index contributed by atoms with van der Waals surface area (Å²) in [5.41, 5.74) is 2.01. The molecule has 0 atom stereocenters. The van der Waals surface area contributed by atoms with E-state index in [4.69, 9.17) is 9.40 Å². The van der Waals surface area contributed by atoms with Gasteiger partial charge < -0.3 is 14.7 Å². The number of aromatic amines is 1. The Morgan fingerprint density at radius 3 is 2.82 bits per heavy atom. The number of fused-ring (bicyclic) bond motifs is 3. The lowest BCUT2D eigenvalue weighted by atomic mass is 9.97. The van der Waals surface area contributed by atoms with Crippen molar-refractivity contribution in [2.45, 2.75) is 48.3 Å². The Morgan fingerprint density at radius 1 is 1.11 bits per heavy atom. The van der Waals surface area contributed by atoms with Crippen LogP contribution < -0.4 is 10.9 Å². The normalized spacial score (nSPS) is 13.1. The molecule has 4 heterocycles. The highest BCUT2D eigenvalue weighted by Crippen LogP contribution is 2.34. The van der Waals surface area contributed by atoms with Gasteiger partial charge in [-0.25, -0.2) is 4.98 Å². The van der Waals surface area contributed by atoms with Crippen LogP contribution in [0.15, 0.2) is 68.3 Å². The molecule has 0 saturated carbocycles. The number of benzene rings is 1. The number of H-pyrrole nitrogens is 1. The molecule has 38 heavy (non-hydrogen) atoms. The van der Waals surface area contributed by atoms with E-state index in [0.717, 1.165) is 35.2 Å². The maximum Gasteiger partial charge on any atom is 0.260 e. The van der Waals surface area contributed by atoms with Gasteiger partial charge in [-0.1, -0.05) is 41.7 Å². The Kier molecular flexibility index (Phi) is 7.34. The summed E-state index contributed by atoms with van der Waals surface area (Å²) < 4.78 is 7.21. The maximum absolute atomic E-state index is 12.9. The summed E-state index contributed by atoms with van der Waals surface area (Å²) in [6.45, 7) is 0.336. The molecule has 0 fully saturated rings. The number of nitrogens with zero attached hydrogens (tertiary/aromatic N) is 4. The first kappa shape index (κ1) is 25.0. The highest BCUT2D eigenvalue weighted by Gasteiger charge is 2.21. The van der Waals surface area contributed by atoms with E-state index in [-0.39, 0.29) is 17.2 Å². The van der Waals surface area contributed by atoms with Crippen LogP contribution in [0.2, 0.25) is 0 Å². The van der Waals surface area contributed by atoms with Crippen LogP contribution in [-0.2, 0) is 29.9 Å². The molecule has 0 radical (unpaired) electrons. The second kappa shape index (κ2) is 11.2. The summed E-state index contributed by atoms with van der Waals surface area (Å²) in [5, 5.41) is 13.6. The number of furan rings is 1. The number of para-hydroxylation sites is 1. The van der Waals surface area contributed by atoms with Crippen LogP contribution in [0.1, 0.15) is 34.9 Å². The van der Waals surface area contributed by atoms with Crippen LogP contribution in [0, 0.1) is 0 Å². The summed E-state index contributed by atoms with van der Waals surface area (Å²) in [4.78, 5) is 35.2. The third-order valence-corrected chi connectivity index (χ3v) is 9.21. The minimum absolute atomic E-state index is 0.0711. The van der Waals surface area contributed by atoms with Gasteiger partial charge >= 0.3 is 0 Å². The Labute approximate surface area is 230 Å². The quantitative estimate of drug-likeness (QED) is 0.195. The van der Waals surface area contributed by atoms with Crippen LogP contribution in [0.5, 0.6) is 0 Å². The molecule has 1 amide bonds. The van der Waals surface area contributed by atoms with Crippen molar-refractivity contribution in [3.05, 3.63) is 81.1 Å². The van der Waals surface area contributed by atoms with Crippen molar-refractivity contribution in [3.63, 3.8) is 0 Å². The lowest BCUT2D eigenvalue weighted by Gasteiger charge is -2.10. The number of hydrogen-bond donors (Lipinski definition) is 2. The molecule has 4 aromatic heterocycles. The van der Waals surface area contributed by atoms with E-state index in [2.05, 4.69) is 20.5 Å². The zero-order valence-corrected chi connectivity index (χ0v) is 22.8. The molecule has 1 aromatic carbocycles. The second-order valence-electron chi connectivity index (χ2n) is 8.77. The maximum atomic E-state index is 12.9. The fraction of sp³-hybridized carbons (Fsp3) is 0.269. The monoisotopic (exact) mass is 564 g/mol. The van der Waals surface area contributed by atoms with Crippen LogP contribution >= 0.6 is 34.9 Å². The van der Waals surface area contributed by atoms with Gasteiger partial charge in [0.05, 0.1) is 29.7 Å². The molecule has 2 N–H and O–H groups in total. The van der Waals surface area contributed by atoms with Crippen molar-refractivity contribution in [3.8, 4) is 5.69 Å². The average Bonchev–Trinajstić information content (AvgIpc) is 3.68. The summed E-state index contributed by atoms with van der Waals surface area (Å²) in [7, 11) is 0. The van der Waals surface area contributed by atoms with Crippen LogP contribution in [0.3, 0.4) is 0 Å². The summed E-state index contributed by atoms with van der Waals surface area (Å²) in [6.07, 6.45) is 5.85. The lowest BCUT2D eigenvalue weighted by molar-refractivity contribution is -0.118. The molecule has 0 unspecified atom stereocenters. The topological polar surface area (TPSA) is 119 Å². The first-order valence-corrected chi connectivity index (χ1v) is 15.0. The van der Waals surface area contributed by atoms with Gasteiger partial charge in [0, 0.05) is 10.6 Å². The summed E-state index contributed by atoms with van der Waals surface area (Å²) in [5.74, 6) is 1.91. The number of carbonyl (C=O) groups excluding carboxylic acids is 1. The van der Waals surface area contributed by atoms with Crippen molar-refractivity contribution >= 4 is 51.0 Å². The second-order valence-corrected chi connectivity index (χ2v) is 11.8. The molecule has 0 bridgehead atoms. The van der Waals surface area contributed by atoms with Crippen LogP contribution in [0.4, 0.5) is 0 Å². The zero-order valence-electron chi connectivity index (χ0n) is 20.3. The van der Waals surface area contributed by atoms with E-state index in [1.54, 1.807) is 23.7 Å². The fourth-order valence-electron chi connectivity index (χ4n) is 4.45. The third kappa shape index (κ3) is 5.29. The number of thiophene rings is 1. The number of rotatable bonds is 9. The van der Waals surface area contributed by atoms with E-state index >= 15 is 0 Å². The fourth-order valence-corrected chi connectivity index (χ4v) is 7.34. The number of aryl methyl sites for hydroxylation is 2. The lowest BCUT2D eigenvalue weighted by Crippen LogP contribution is -2.24. The van der Waals surface area contributed by atoms with Crippen molar-refractivity contribution in [1.29, 1.82) is 0 Å². The predicted molar refractivity (Wildman–Crippen MR) is 149 cm³/mol. The van der Waals surface area contributed by atoms with Gasteiger partial charge in [-0.3, -0.25) is 14.2 Å². The highest BCUT2D eigenvalue weighted by atomic mass is 32.2. The summed E-state index contributed by atoms with van der Waals surface area (Å²) >= 11 is 4.38. The molecule has 194 valence electrons. The van der Waals surface area contributed by atoms with Gasteiger partial charge in [0.1, 0.15) is 16.4 Å². The molecule has 1 aliphatic carbocycles. The average molecular weight is 565 g/mol. The molecule has 0 spiro atoms.